The Kier molecular flexibility index (Phi) is 9.11. The lowest BCUT2D eigenvalue weighted by Gasteiger charge is -2.15. The van der Waals surface area contributed by atoms with E-state index >= 15 is 0 Å². The lowest BCUT2D eigenvalue weighted by Crippen LogP contribution is -2.21. The van der Waals surface area contributed by atoms with Gasteiger partial charge in [0.2, 0.25) is 0 Å². The first-order chi connectivity index (χ1) is 8.76. The van der Waals surface area contributed by atoms with E-state index in [1.165, 1.54) is 43.1 Å². The summed E-state index contributed by atoms with van der Waals surface area (Å²) < 4.78 is 0. The van der Waals surface area contributed by atoms with Crippen LogP contribution in [-0.4, -0.2) is 42.0 Å². The van der Waals surface area contributed by atoms with Gasteiger partial charge in [0.15, 0.2) is 0 Å². The van der Waals surface area contributed by atoms with Gasteiger partial charge in [0.1, 0.15) is 0 Å². The van der Waals surface area contributed by atoms with Gasteiger partial charge in [0.05, 0.1) is 16.6 Å². The SMILES string of the molecule is CSCCCN(C)CCCCc1nc(CCl)cs1. The number of alkyl halides is 1. The van der Waals surface area contributed by atoms with E-state index in [4.69, 9.17) is 11.6 Å². The molecule has 0 saturated carbocycles. The summed E-state index contributed by atoms with van der Waals surface area (Å²) >= 11 is 9.41. The number of nitrogens with zero attached hydrogens (tertiary/aromatic N) is 2. The minimum atomic E-state index is 0.536. The van der Waals surface area contributed by atoms with Gasteiger partial charge in [-0.3, -0.25) is 0 Å². The maximum atomic E-state index is 5.74. The summed E-state index contributed by atoms with van der Waals surface area (Å²) in [4.78, 5) is 6.91. The molecule has 0 aliphatic carbocycles. The normalized spacial score (nSPS) is 11.3. The second-order valence-corrected chi connectivity index (χ2v) is 6.67. The van der Waals surface area contributed by atoms with Crippen LogP contribution in [0.1, 0.15) is 30.0 Å². The number of halogens is 1. The average Bonchev–Trinajstić information content (AvgIpc) is 2.83. The second kappa shape index (κ2) is 10.1. The van der Waals surface area contributed by atoms with Crippen molar-refractivity contribution in [1.82, 2.24) is 9.88 Å². The number of aryl methyl sites for hydroxylation is 1. The van der Waals surface area contributed by atoms with Crippen molar-refractivity contribution in [2.45, 2.75) is 31.6 Å². The van der Waals surface area contributed by atoms with Gasteiger partial charge in [0, 0.05) is 5.38 Å². The van der Waals surface area contributed by atoms with Gasteiger partial charge in [-0.25, -0.2) is 4.98 Å². The first kappa shape index (κ1) is 16.3. The Labute approximate surface area is 124 Å². The van der Waals surface area contributed by atoms with Gasteiger partial charge in [-0.05, 0) is 57.8 Å². The number of thioether (sulfide) groups is 1. The fraction of sp³-hybridized carbons (Fsp3) is 0.769. The van der Waals surface area contributed by atoms with E-state index in [1.807, 2.05) is 11.8 Å². The smallest absolute Gasteiger partial charge is 0.0928 e. The standard InChI is InChI=1S/C13H23ClN2S2/c1-16(8-5-9-17-2)7-4-3-6-13-15-12(10-14)11-18-13/h11H,3-10H2,1-2H3. The van der Waals surface area contributed by atoms with E-state index < -0.39 is 0 Å². The quantitative estimate of drug-likeness (QED) is 0.482. The van der Waals surface area contributed by atoms with Gasteiger partial charge in [0.25, 0.3) is 0 Å². The zero-order chi connectivity index (χ0) is 13.2. The van der Waals surface area contributed by atoms with Crippen LogP contribution in [-0.2, 0) is 12.3 Å². The second-order valence-electron chi connectivity index (χ2n) is 4.47. The predicted molar refractivity (Wildman–Crippen MR) is 85.1 cm³/mol. The molecule has 1 aromatic rings. The van der Waals surface area contributed by atoms with Crippen LogP contribution in [0.2, 0.25) is 0 Å². The highest BCUT2D eigenvalue weighted by molar-refractivity contribution is 7.98. The van der Waals surface area contributed by atoms with Crippen LogP contribution >= 0.6 is 34.7 Å². The number of hydrogen-bond acceptors (Lipinski definition) is 4. The molecular weight excluding hydrogens is 284 g/mol. The average molecular weight is 307 g/mol. The van der Waals surface area contributed by atoms with Crippen molar-refractivity contribution in [2.75, 3.05) is 32.1 Å². The maximum absolute atomic E-state index is 5.74. The number of rotatable bonds is 10. The van der Waals surface area contributed by atoms with Crippen molar-refractivity contribution >= 4 is 34.7 Å². The number of thiazole rings is 1. The monoisotopic (exact) mass is 306 g/mol. The Balaban J connectivity index is 2.03. The van der Waals surface area contributed by atoms with Gasteiger partial charge in [-0.1, -0.05) is 0 Å². The minimum Gasteiger partial charge on any atom is -0.306 e. The van der Waals surface area contributed by atoms with E-state index in [0.29, 0.717) is 5.88 Å². The summed E-state index contributed by atoms with van der Waals surface area (Å²) in [6, 6.07) is 0. The molecule has 1 aromatic heterocycles. The molecule has 0 saturated heterocycles. The van der Waals surface area contributed by atoms with Crippen LogP contribution in [0.25, 0.3) is 0 Å². The molecular formula is C13H23ClN2S2. The van der Waals surface area contributed by atoms with Crippen molar-refractivity contribution in [3.63, 3.8) is 0 Å². The highest BCUT2D eigenvalue weighted by atomic mass is 35.5. The molecule has 0 N–H and O–H groups in total. The van der Waals surface area contributed by atoms with E-state index in [1.54, 1.807) is 11.3 Å². The number of hydrogen-bond donors (Lipinski definition) is 0. The van der Waals surface area contributed by atoms with E-state index in [-0.39, 0.29) is 0 Å². The summed E-state index contributed by atoms with van der Waals surface area (Å²) in [7, 11) is 2.22. The number of unbranched alkanes of at least 4 members (excludes halogenated alkanes) is 1. The molecule has 0 aliphatic rings. The lowest BCUT2D eigenvalue weighted by molar-refractivity contribution is 0.327. The van der Waals surface area contributed by atoms with Crippen molar-refractivity contribution in [1.29, 1.82) is 0 Å². The maximum Gasteiger partial charge on any atom is 0.0928 e. The summed E-state index contributed by atoms with van der Waals surface area (Å²) in [5.41, 5.74) is 1.02. The van der Waals surface area contributed by atoms with Gasteiger partial charge < -0.3 is 4.90 Å². The third kappa shape index (κ3) is 6.98. The number of aromatic nitrogens is 1. The fourth-order valence-electron chi connectivity index (χ4n) is 1.77. The third-order valence-corrected chi connectivity index (χ3v) is 4.73. The molecule has 0 aliphatic heterocycles. The Morgan fingerprint density at radius 1 is 1.33 bits per heavy atom. The van der Waals surface area contributed by atoms with Crippen molar-refractivity contribution < 1.29 is 0 Å². The van der Waals surface area contributed by atoms with Crippen molar-refractivity contribution in [2.24, 2.45) is 0 Å². The Hall–Kier alpha value is 0.230. The molecule has 5 heteroatoms. The van der Waals surface area contributed by atoms with E-state index in [9.17, 15) is 0 Å². The van der Waals surface area contributed by atoms with Crippen LogP contribution in [0.15, 0.2) is 5.38 Å². The molecule has 0 radical (unpaired) electrons. The van der Waals surface area contributed by atoms with Crippen LogP contribution < -0.4 is 0 Å². The summed E-state index contributed by atoms with van der Waals surface area (Å²) in [6.07, 6.45) is 7.04. The molecule has 0 amide bonds. The Bertz CT molecular complexity index is 318. The molecule has 104 valence electrons. The lowest BCUT2D eigenvalue weighted by atomic mass is 10.2. The third-order valence-electron chi connectivity index (χ3n) is 2.80. The van der Waals surface area contributed by atoms with Gasteiger partial charge in [-0.15, -0.1) is 22.9 Å². The fourth-order valence-corrected chi connectivity index (χ4v) is 3.26. The largest absolute Gasteiger partial charge is 0.306 e. The van der Waals surface area contributed by atoms with Gasteiger partial charge in [-0.2, -0.15) is 11.8 Å². The van der Waals surface area contributed by atoms with Crippen molar-refractivity contribution in [3.8, 4) is 0 Å². The van der Waals surface area contributed by atoms with Gasteiger partial charge >= 0.3 is 0 Å². The zero-order valence-electron chi connectivity index (χ0n) is 11.3. The van der Waals surface area contributed by atoms with Crippen LogP contribution in [0.5, 0.6) is 0 Å². The van der Waals surface area contributed by atoms with E-state index in [0.717, 1.165) is 12.1 Å². The van der Waals surface area contributed by atoms with Crippen molar-refractivity contribution in [3.05, 3.63) is 16.1 Å². The highest BCUT2D eigenvalue weighted by Gasteiger charge is 2.02. The predicted octanol–water partition coefficient (Wildman–Crippen LogP) is 3.89. The molecule has 1 heterocycles. The van der Waals surface area contributed by atoms with Crippen LogP contribution in [0.4, 0.5) is 0 Å². The molecule has 2 nitrogen and oxygen atoms in total. The molecule has 18 heavy (non-hydrogen) atoms. The zero-order valence-corrected chi connectivity index (χ0v) is 13.7. The molecule has 0 aromatic carbocycles. The molecule has 1 rings (SSSR count). The summed E-state index contributed by atoms with van der Waals surface area (Å²) in [6.45, 7) is 2.41. The Morgan fingerprint density at radius 3 is 2.78 bits per heavy atom. The summed E-state index contributed by atoms with van der Waals surface area (Å²) in [5, 5.41) is 3.30. The molecule has 0 unspecified atom stereocenters. The Morgan fingerprint density at radius 2 is 2.11 bits per heavy atom. The molecule has 0 atom stereocenters. The first-order valence-corrected chi connectivity index (χ1v) is 9.23. The van der Waals surface area contributed by atoms with Crippen LogP contribution in [0, 0.1) is 0 Å². The van der Waals surface area contributed by atoms with E-state index in [2.05, 4.69) is 28.6 Å². The highest BCUT2D eigenvalue weighted by Crippen LogP contribution is 2.14. The molecule has 0 bridgehead atoms. The topological polar surface area (TPSA) is 16.1 Å². The summed E-state index contributed by atoms with van der Waals surface area (Å²) in [5.74, 6) is 1.80. The molecule has 0 spiro atoms. The molecule has 0 fully saturated rings. The minimum absolute atomic E-state index is 0.536. The first-order valence-electron chi connectivity index (χ1n) is 6.43. The van der Waals surface area contributed by atoms with Crippen LogP contribution in [0.3, 0.4) is 0 Å².